The van der Waals surface area contributed by atoms with Gasteiger partial charge >= 0.3 is 12.0 Å². The van der Waals surface area contributed by atoms with Crippen molar-refractivity contribution in [1.29, 1.82) is 0 Å². The van der Waals surface area contributed by atoms with Gasteiger partial charge in [0.05, 0.1) is 22.9 Å². The maximum absolute atomic E-state index is 11.8. The Morgan fingerprint density at radius 2 is 2.05 bits per heavy atom. The summed E-state index contributed by atoms with van der Waals surface area (Å²) in [5, 5.41) is 5.66. The number of esters is 1. The van der Waals surface area contributed by atoms with E-state index in [9.17, 15) is 9.59 Å². The number of rotatable bonds is 6. The van der Waals surface area contributed by atoms with Gasteiger partial charge in [-0.1, -0.05) is 11.6 Å². The fraction of sp³-hybridized carbons (Fsp3) is 0.333. The summed E-state index contributed by atoms with van der Waals surface area (Å²) >= 11 is 6.06. The molecular weight excluding hydrogens is 284 g/mol. The number of carbonyl (C=O) groups excluding carboxylic acids is 2. The summed E-state index contributed by atoms with van der Waals surface area (Å²) in [6.07, 6.45) is 0. The van der Waals surface area contributed by atoms with Crippen LogP contribution in [0.25, 0.3) is 0 Å². The number of nitrogen functional groups attached to an aromatic ring is 1. The summed E-state index contributed by atoms with van der Waals surface area (Å²) in [5.41, 5.74) is 11.6. The lowest BCUT2D eigenvalue weighted by atomic mass is 10.1. The zero-order valence-electron chi connectivity index (χ0n) is 11.0. The van der Waals surface area contributed by atoms with E-state index in [-0.39, 0.29) is 18.7 Å². The molecule has 1 aromatic rings. The van der Waals surface area contributed by atoms with Crippen LogP contribution in [0.3, 0.4) is 0 Å². The molecule has 6 N–H and O–H groups in total. The lowest BCUT2D eigenvalue weighted by molar-refractivity contribution is 0.0527. The molecule has 0 aliphatic heterocycles. The van der Waals surface area contributed by atoms with Gasteiger partial charge in [-0.3, -0.25) is 0 Å². The van der Waals surface area contributed by atoms with Gasteiger partial charge in [0.2, 0.25) is 0 Å². The Kier molecular flexibility index (Phi) is 5.92. The Labute approximate surface area is 121 Å². The van der Waals surface area contributed by atoms with E-state index in [1.54, 1.807) is 6.92 Å². The predicted molar refractivity (Wildman–Crippen MR) is 77.9 cm³/mol. The summed E-state index contributed by atoms with van der Waals surface area (Å²) < 4.78 is 4.94. The van der Waals surface area contributed by atoms with Crippen LogP contribution in [0.2, 0.25) is 5.02 Å². The second kappa shape index (κ2) is 7.44. The van der Waals surface area contributed by atoms with Crippen molar-refractivity contribution < 1.29 is 14.3 Å². The zero-order chi connectivity index (χ0) is 15.1. The molecule has 0 saturated heterocycles. The number of hydrogen-bond acceptors (Lipinski definition) is 5. The maximum atomic E-state index is 11.8. The van der Waals surface area contributed by atoms with E-state index in [1.807, 2.05) is 0 Å². The van der Waals surface area contributed by atoms with E-state index in [0.717, 1.165) is 0 Å². The average Bonchev–Trinajstić information content (AvgIpc) is 2.35. The fourth-order valence-electron chi connectivity index (χ4n) is 1.55. The van der Waals surface area contributed by atoms with Crippen LogP contribution >= 0.6 is 11.6 Å². The molecule has 0 radical (unpaired) electrons. The number of nitrogens with one attached hydrogen (secondary N) is 2. The van der Waals surface area contributed by atoms with Gasteiger partial charge in [-0.05, 0) is 19.1 Å². The molecule has 1 aromatic carbocycles. The van der Waals surface area contributed by atoms with Gasteiger partial charge in [0.1, 0.15) is 0 Å². The number of halogens is 1. The number of urea groups is 1. The minimum atomic E-state index is -0.624. The summed E-state index contributed by atoms with van der Waals surface area (Å²) in [7, 11) is 0. The van der Waals surface area contributed by atoms with Crippen molar-refractivity contribution in [3.05, 3.63) is 22.7 Å². The topological polar surface area (TPSA) is 119 Å². The average molecular weight is 301 g/mol. The highest BCUT2D eigenvalue weighted by atomic mass is 35.5. The van der Waals surface area contributed by atoms with E-state index in [1.165, 1.54) is 12.1 Å². The molecule has 0 aliphatic carbocycles. The molecule has 1 rings (SSSR count). The van der Waals surface area contributed by atoms with Crippen LogP contribution in [0.15, 0.2) is 12.1 Å². The zero-order valence-corrected chi connectivity index (χ0v) is 11.8. The van der Waals surface area contributed by atoms with Gasteiger partial charge in [0.15, 0.2) is 0 Å². The molecular formula is C12H17ClN4O3. The summed E-state index contributed by atoms with van der Waals surface area (Å²) in [4.78, 5) is 22.4. The van der Waals surface area contributed by atoms with E-state index >= 15 is 0 Å². The molecule has 0 fully saturated rings. The number of primary amides is 1. The molecule has 0 bridgehead atoms. The number of carbonyl (C=O) groups is 2. The van der Waals surface area contributed by atoms with Crippen LogP contribution in [-0.4, -0.2) is 31.7 Å². The monoisotopic (exact) mass is 300 g/mol. The van der Waals surface area contributed by atoms with Crippen LogP contribution in [0.5, 0.6) is 0 Å². The van der Waals surface area contributed by atoms with Crippen molar-refractivity contribution in [2.75, 3.05) is 30.7 Å². The van der Waals surface area contributed by atoms with Crippen LogP contribution in [0.1, 0.15) is 17.3 Å². The third kappa shape index (κ3) is 4.51. The molecule has 0 aliphatic rings. The molecule has 0 aromatic heterocycles. The van der Waals surface area contributed by atoms with Crippen molar-refractivity contribution in [1.82, 2.24) is 5.32 Å². The molecule has 0 unspecified atom stereocenters. The van der Waals surface area contributed by atoms with Gasteiger partial charge in [0.25, 0.3) is 0 Å². The second-order valence-electron chi connectivity index (χ2n) is 3.86. The van der Waals surface area contributed by atoms with Crippen molar-refractivity contribution in [2.45, 2.75) is 6.92 Å². The molecule has 2 amide bonds. The number of anilines is 2. The van der Waals surface area contributed by atoms with Crippen molar-refractivity contribution in [3.63, 3.8) is 0 Å². The Morgan fingerprint density at radius 1 is 1.35 bits per heavy atom. The van der Waals surface area contributed by atoms with E-state index in [0.29, 0.717) is 22.9 Å². The number of amides is 2. The number of hydrogen-bond donors (Lipinski definition) is 4. The molecule has 0 spiro atoms. The van der Waals surface area contributed by atoms with E-state index in [4.69, 9.17) is 27.8 Å². The standard InChI is InChI=1S/C12H17ClN4O3/c1-2-20-11(18)8-5-7(14)6-9(13)10(8)16-3-4-17-12(15)19/h5-6,16H,2-4,14H2,1H3,(H3,15,17,19). The van der Waals surface area contributed by atoms with Gasteiger partial charge in [0, 0.05) is 18.8 Å². The van der Waals surface area contributed by atoms with Crippen LogP contribution in [0, 0.1) is 0 Å². The Morgan fingerprint density at radius 3 is 2.65 bits per heavy atom. The van der Waals surface area contributed by atoms with Crippen molar-refractivity contribution in [3.8, 4) is 0 Å². The smallest absolute Gasteiger partial charge is 0.340 e. The third-order valence-electron chi connectivity index (χ3n) is 2.33. The number of benzene rings is 1. The molecule has 7 nitrogen and oxygen atoms in total. The van der Waals surface area contributed by atoms with Gasteiger partial charge in [-0.25, -0.2) is 9.59 Å². The van der Waals surface area contributed by atoms with Crippen LogP contribution in [-0.2, 0) is 4.74 Å². The van der Waals surface area contributed by atoms with Gasteiger partial charge in [-0.2, -0.15) is 0 Å². The quantitative estimate of drug-likeness (QED) is 0.357. The Bertz CT molecular complexity index is 508. The highest BCUT2D eigenvalue weighted by molar-refractivity contribution is 6.34. The normalized spacial score (nSPS) is 9.90. The minimum absolute atomic E-state index is 0.244. The van der Waals surface area contributed by atoms with Gasteiger partial charge in [-0.15, -0.1) is 0 Å². The number of nitrogens with two attached hydrogens (primary N) is 2. The SMILES string of the molecule is CCOC(=O)c1cc(N)cc(Cl)c1NCCNC(N)=O. The summed E-state index contributed by atoms with van der Waals surface area (Å²) in [5.74, 6) is -0.521. The molecule has 0 atom stereocenters. The second-order valence-corrected chi connectivity index (χ2v) is 4.27. The molecule has 20 heavy (non-hydrogen) atoms. The van der Waals surface area contributed by atoms with Crippen LogP contribution in [0.4, 0.5) is 16.2 Å². The first-order valence-corrected chi connectivity index (χ1v) is 6.36. The lowest BCUT2D eigenvalue weighted by Gasteiger charge is -2.14. The largest absolute Gasteiger partial charge is 0.462 e. The van der Waals surface area contributed by atoms with Crippen LogP contribution < -0.4 is 22.1 Å². The number of ether oxygens (including phenoxy) is 1. The summed E-state index contributed by atoms with van der Waals surface area (Å²) in [6.45, 7) is 2.58. The first kappa shape index (κ1) is 15.9. The third-order valence-corrected chi connectivity index (χ3v) is 2.63. The Hall–Kier alpha value is -2.15. The molecule has 0 heterocycles. The maximum Gasteiger partial charge on any atom is 0.340 e. The summed E-state index contributed by atoms with van der Waals surface area (Å²) in [6, 6.07) is 2.38. The van der Waals surface area contributed by atoms with E-state index < -0.39 is 12.0 Å². The molecule has 0 saturated carbocycles. The first-order valence-electron chi connectivity index (χ1n) is 5.99. The molecule has 110 valence electrons. The molecule has 8 heteroatoms. The Balaban J connectivity index is 2.86. The highest BCUT2D eigenvalue weighted by Crippen LogP contribution is 2.29. The first-order chi connectivity index (χ1) is 9.45. The highest BCUT2D eigenvalue weighted by Gasteiger charge is 2.16. The lowest BCUT2D eigenvalue weighted by Crippen LogP contribution is -2.33. The fourth-order valence-corrected chi connectivity index (χ4v) is 1.84. The predicted octanol–water partition coefficient (Wildman–Crippen LogP) is 1.18. The van der Waals surface area contributed by atoms with E-state index in [2.05, 4.69) is 10.6 Å². The minimum Gasteiger partial charge on any atom is -0.462 e. The van der Waals surface area contributed by atoms with Gasteiger partial charge < -0.3 is 26.8 Å². The van der Waals surface area contributed by atoms with Crippen molar-refractivity contribution in [2.24, 2.45) is 5.73 Å². The van der Waals surface area contributed by atoms with Crippen molar-refractivity contribution >= 4 is 35.0 Å².